The summed E-state index contributed by atoms with van der Waals surface area (Å²) in [6.45, 7) is 3.79. The molecule has 29 heavy (non-hydrogen) atoms. The monoisotopic (exact) mass is 433 g/mol. The first-order chi connectivity index (χ1) is 13.9. The highest BCUT2D eigenvalue weighted by atomic mass is 35.5. The number of aliphatic imine (C=N–C) groups is 1. The average molecular weight is 434 g/mol. The second-order valence-corrected chi connectivity index (χ2v) is 8.29. The highest BCUT2D eigenvalue weighted by Crippen LogP contribution is 2.34. The third-order valence-corrected chi connectivity index (χ3v) is 6.18. The van der Waals surface area contributed by atoms with Crippen LogP contribution in [0.5, 0.6) is 0 Å². The van der Waals surface area contributed by atoms with Gasteiger partial charge in [-0.1, -0.05) is 11.6 Å². The summed E-state index contributed by atoms with van der Waals surface area (Å²) in [5.74, 6) is 0.683. The minimum atomic E-state index is -0.504. The second kappa shape index (κ2) is 8.02. The molecule has 0 bridgehead atoms. The maximum absolute atomic E-state index is 12.3. The first-order valence-corrected chi connectivity index (χ1v) is 10.2. The summed E-state index contributed by atoms with van der Waals surface area (Å²) < 4.78 is 5.79. The molecule has 2 aliphatic heterocycles. The largest absolute Gasteiger partial charge is 0.457 e. The normalized spacial score (nSPS) is 19.1. The molecule has 1 N–H and O–H groups in total. The van der Waals surface area contributed by atoms with Gasteiger partial charge in [-0.05, 0) is 30.0 Å². The topological polar surface area (TPSA) is 93.4 Å². The Morgan fingerprint density at radius 3 is 2.76 bits per heavy atom. The molecule has 1 aromatic heterocycles. The van der Waals surface area contributed by atoms with Gasteiger partial charge in [0, 0.05) is 23.8 Å². The molecule has 0 aliphatic carbocycles. The Kier molecular flexibility index (Phi) is 5.44. The van der Waals surface area contributed by atoms with Crippen LogP contribution in [0.4, 0.5) is 5.69 Å². The molecule has 8 nitrogen and oxygen atoms in total. The van der Waals surface area contributed by atoms with Crippen LogP contribution in [0, 0.1) is 10.1 Å². The van der Waals surface area contributed by atoms with E-state index in [-0.39, 0.29) is 16.6 Å². The number of thioether (sulfide) groups is 1. The van der Waals surface area contributed by atoms with Gasteiger partial charge in [-0.15, -0.1) is 0 Å². The van der Waals surface area contributed by atoms with Crippen molar-refractivity contribution in [2.75, 3.05) is 33.2 Å². The minimum absolute atomic E-state index is 0.0872. The molecule has 10 heteroatoms. The molecule has 1 saturated heterocycles. The third kappa shape index (κ3) is 4.21. The number of hydrogen-bond acceptors (Lipinski definition) is 6. The molecule has 0 atom stereocenters. The Bertz CT molecular complexity index is 1040. The van der Waals surface area contributed by atoms with E-state index < -0.39 is 4.92 Å². The first kappa shape index (κ1) is 19.7. The molecular formula is C19H18ClN4O4S+. The lowest BCUT2D eigenvalue weighted by Gasteiger charge is -2.30. The number of nitrogens with one attached hydrogen (secondary N) is 1. The predicted molar refractivity (Wildman–Crippen MR) is 112 cm³/mol. The number of rotatable bonds is 3. The van der Waals surface area contributed by atoms with Crippen molar-refractivity contribution in [3.63, 3.8) is 0 Å². The van der Waals surface area contributed by atoms with E-state index in [0.717, 1.165) is 31.3 Å². The van der Waals surface area contributed by atoms with Crippen LogP contribution in [-0.2, 0) is 4.79 Å². The van der Waals surface area contributed by atoms with Gasteiger partial charge >= 0.3 is 0 Å². The Morgan fingerprint density at radius 2 is 2.07 bits per heavy atom. The molecule has 4 rings (SSSR count). The van der Waals surface area contributed by atoms with Crippen LogP contribution < -0.4 is 4.90 Å². The van der Waals surface area contributed by atoms with Gasteiger partial charge in [0.15, 0.2) is 5.17 Å². The molecule has 2 aromatic rings. The number of amides is 1. The van der Waals surface area contributed by atoms with E-state index in [1.165, 1.54) is 28.8 Å². The average Bonchev–Trinajstić information content (AvgIpc) is 3.29. The van der Waals surface area contributed by atoms with Crippen molar-refractivity contribution in [1.82, 2.24) is 4.90 Å². The fourth-order valence-corrected chi connectivity index (χ4v) is 4.35. The van der Waals surface area contributed by atoms with Crippen LogP contribution in [0.2, 0.25) is 5.02 Å². The summed E-state index contributed by atoms with van der Waals surface area (Å²) in [5, 5.41) is 11.8. The second-order valence-electron chi connectivity index (χ2n) is 6.88. The van der Waals surface area contributed by atoms with Gasteiger partial charge in [-0.2, -0.15) is 4.99 Å². The van der Waals surface area contributed by atoms with Crippen molar-refractivity contribution in [2.45, 2.75) is 0 Å². The van der Waals surface area contributed by atoms with E-state index >= 15 is 0 Å². The number of carbonyl (C=O) groups is 1. The highest BCUT2D eigenvalue weighted by Gasteiger charge is 2.29. The van der Waals surface area contributed by atoms with Crippen LogP contribution in [-0.4, -0.2) is 54.1 Å². The SMILES string of the molecule is C[NH+]1CCN(C2=NC(=O)/C(=C/c3ccc(-c4ccc([N+](=O)[O-])cc4Cl)o3)S2)CC1. The Morgan fingerprint density at radius 1 is 1.31 bits per heavy atom. The van der Waals surface area contributed by atoms with E-state index in [2.05, 4.69) is 16.9 Å². The number of likely N-dealkylation sites (N-methyl/N-ethyl adjacent to an activating group) is 1. The smallest absolute Gasteiger partial charge is 0.286 e. The number of quaternary nitrogens is 1. The number of nitro benzene ring substituents is 1. The molecule has 3 heterocycles. The summed E-state index contributed by atoms with van der Waals surface area (Å²) in [5.41, 5.74) is 0.458. The van der Waals surface area contributed by atoms with Crippen molar-refractivity contribution in [3.8, 4) is 11.3 Å². The maximum atomic E-state index is 12.3. The number of carbonyl (C=O) groups excluding carboxylic acids is 1. The zero-order valence-corrected chi connectivity index (χ0v) is 17.1. The van der Waals surface area contributed by atoms with E-state index in [4.69, 9.17) is 16.0 Å². The van der Waals surface area contributed by atoms with Crippen molar-refractivity contribution >= 4 is 46.2 Å². The molecule has 0 saturated carbocycles. The number of furan rings is 1. The maximum Gasteiger partial charge on any atom is 0.286 e. The molecule has 0 radical (unpaired) electrons. The van der Waals surface area contributed by atoms with E-state index in [9.17, 15) is 14.9 Å². The summed E-state index contributed by atoms with van der Waals surface area (Å²) in [6, 6.07) is 7.64. The molecule has 1 aromatic carbocycles. The van der Waals surface area contributed by atoms with Crippen molar-refractivity contribution in [1.29, 1.82) is 0 Å². The fourth-order valence-electron chi connectivity index (χ4n) is 3.13. The molecule has 1 amide bonds. The number of nitrogens with zero attached hydrogens (tertiary/aromatic N) is 3. The summed E-state index contributed by atoms with van der Waals surface area (Å²) in [6.07, 6.45) is 1.66. The summed E-state index contributed by atoms with van der Waals surface area (Å²) >= 11 is 7.51. The Labute approximate surface area is 176 Å². The molecule has 2 aliphatic rings. The van der Waals surface area contributed by atoms with Gasteiger partial charge in [0.25, 0.3) is 11.6 Å². The predicted octanol–water partition coefficient (Wildman–Crippen LogP) is 2.31. The Balaban J connectivity index is 1.50. The summed E-state index contributed by atoms with van der Waals surface area (Å²) in [4.78, 5) is 30.9. The quantitative estimate of drug-likeness (QED) is 0.453. The molecule has 150 valence electrons. The van der Waals surface area contributed by atoms with Crippen molar-refractivity contribution in [3.05, 3.63) is 56.1 Å². The zero-order valence-electron chi connectivity index (χ0n) is 15.6. The highest BCUT2D eigenvalue weighted by molar-refractivity contribution is 8.18. The zero-order chi connectivity index (χ0) is 20.5. The van der Waals surface area contributed by atoms with Crippen LogP contribution in [0.25, 0.3) is 17.4 Å². The molecule has 0 unspecified atom stereocenters. The van der Waals surface area contributed by atoms with E-state index in [0.29, 0.717) is 22.0 Å². The minimum Gasteiger partial charge on any atom is -0.457 e. The van der Waals surface area contributed by atoms with Crippen LogP contribution in [0.3, 0.4) is 0 Å². The van der Waals surface area contributed by atoms with Gasteiger partial charge in [-0.3, -0.25) is 14.9 Å². The number of benzene rings is 1. The Hall–Kier alpha value is -2.62. The standard InChI is InChI=1S/C19H17ClN4O4S/c1-22-6-8-23(9-7-22)19-21-18(25)17(29-19)11-13-3-5-16(28-13)14-4-2-12(24(26)27)10-15(14)20/h2-5,10-11H,6-9H2,1H3/p+1/b17-11-. The number of amidine groups is 1. The van der Waals surface area contributed by atoms with Crippen molar-refractivity contribution in [2.24, 2.45) is 4.99 Å². The first-order valence-electron chi connectivity index (χ1n) is 9.03. The van der Waals surface area contributed by atoms with Gasteiger partial charge in [0.05, 0.1) is 48.1 Å². The summed E-state index contributed by atoms with van der Waals surface area (Å²) in [7, 11) is 2.16. The molecular weight excluding hydrogens is 416 g/mol. The van der Waals surface area contributed by atoms with Crippen LogP contribution in [0.1, 0.15) is 5.76 Å². The van der Waals surface area contributed by atoms with Gasteiger partial charge < -0.3 is 14.2 Å². The lowest BCUT2D eigenvalue weighted by Crippen LogP contribution is -3.12. The molecule has 0 spiro atoms. The van der Waals surface area contributed by atoms with Gasteiger partial charge in [-0.25, -0.2) is 0 Å². The van der Waals surface area contributed by atoms with E-state index in [1.807, 2.05) is 0 Å². The number of halogens is 1. The molecule has 1 fully saturated rings. The van der Waals surface area contributed by atoms with Gasteiger partial charge in [0.1, 0.15) is 11.5 Å². The van der Waals surface area contributed by atoms with E-state index in [1.54, 1.807) is 24.3 Å². The number of hydrogen-bond donors (Lipinski definition) is 1. The van der Waals surface area contributed by atoms with Gasteiger partial charge in [0.2, 0.25) is 0 Å². The lowest BCUT2D eigenvalue weighted by atomic mass is 10.1. The van der Waals surface area contributed by atoms with Crippen LogP contribution in [0.15, 0.2) is 44.6 Å². The number of piperazine rings is 1. The van der Waals surface area contributed by atoms with Crippen molar-refractivity contribution < 1.29 is 19.0 Å². The number of nitro groups is 1. The number of non-ortho nitro benzene ring substituents is 1. The van der Waals surface area contributed by atoms with Crippen LogP contribution >= 0.6 is 23.4 Å². The lowest BCUT2D eigenvalue weighted by molar-refractivity contribution is -0.883. The third-order valence-electron chi connectivity index (χ3n) is 4.83. The fraction of sp³-hybridized carbons (Fsp3) is 0.263.